The highest BCUT2D eigenvalue weighted by Crippen LogP contribution is 2.85. The van der Waals surface area contributed by atoms with E-state index >= 15 is 0 Å². The molecule has 1 spiro atoms. The van der Waals surface area contributed by atoms with E-state index in [1.54, 1.807) is 6.92 Å². The van der Waals surface area contributed by atoms with Crippen molar-refractivity contribution in [2.24, 2.45) is 45.3 Å². The number of fused-ring (bicyclic) bond motifs is 4. The van der Waals surface area contributed by atoms with E-state index in [0.717, 1.165) is 44.2 Å². The molecule has 0 radical (unpaired) electrons. The van der Waals surface area contributed by atoms with Crippen LogP contribution in [-0.2, 0) is 9.53 Å². The molecule has 5 fully saturated rings. The molecular formula is C34H57NO4. The predicted molar refractivity (Wildman–Crippen MR) is 160 cm³/mol. The van der Waals surface area contributed by atoms with Gasteiger partial charge in [0.1, 0.15) is 0 Å². The summed E-state index contributed by atoms with van der Waals surface area (Å²) in [7, 11) is 1.00. The van der Waals surface area contributed by atoms with Gasteiger partial charge < -0.3 is 20.3 Å². The molecular weight excluding hydrogens is 486 g/mol. The van der Waals surface area contributed by atoms with Crippen molar-refractivity contribution in [3.63, 3.8) is 0 Å². The number of hydrogen-bond donors (Lipinski definition) is 3. The van der Waals surface area contributed by atoms with Gasteiger partial charge in [-0.3, -0.25) is 4.79 Å². The van der Waals surface area contributed by atoms with Gasteiger partial charge >= 0.3 is 0 Å². The average molecular weight is 544 g/mol. The van der Waals surface area contributed by atoms with Crippen LogP contribution in [0.15, 0.2) is 0 Å². The summed E-state index contributed by atoms with van der Waals surface area (Å²) < 4.78 is 6.76. The molecule has 5 nitrogen and oxygen atoms in total. The zero-order valence-corrected chi connectivity index (χ0v) is 25.7. The van der Waals surface area contributed by atoms with Crippen molar-refractivity contribution in [2.75, 3.05) is 20.3 Å². The van der Waals surface area contributed by atoms with Crippen LogP contribution in [0.25, 0.3) is 0 Å². The molecule has 1 amide bonds. The fourth-order valence-corrected chi connectivity index (χ4v) is 10.5. The van der Waals surface area contributed by atoms with Gasteiger partial charge in [-0.2, -0.15) is 0 Å². The Labute approximate surface area is 239 Å². The maximum absolute atomic E-state index is 11.3. The largest absolute Gasteiger partial charge is 0.400 e. The lowest BCUT2D eigenvalue weighted by Crippen LogP contribution is -2.50. The van der Waals surface area contributed by atoms with Crippen LogP contribution in [0.2, 0.25) is 0 Å². The van der Waals surface area contributed by atoms with Crippen LogP contribution in [0.1, 0.15) is 105 Å². The summed E-state index contributed by atoms with van der Waals surface area (Å²) in [6, 6.07) is 0. The molecule has 9 atom stereocenters. The van der Waals surface area contributed by atoms with Gasteiger partial charge in [0.25, 0.3) is 0 Å². The first-order chi connectivity index (χ1) is 18.6. The Morgan fingerprint density at radius 2 is 1.67 bits per heavy atom. The number of terminal acetylenes is 2. The van der Waals surface area contributed by atoms with E-state index in [2.05, 4.69) is 58.7 Å². The molecule has 5 heteroatoms. The highest BCUT2D eigenvalue weighted by atomic mass is 16.5. The molecule has 1 saturated heterocycles. The van der Waals surface area contributed by atoms with Crippen molar-refractivity contribution in [3.8, 4) is 25.7 Å². The number of aliphatic hydroxyl groups excluding tert-OH is 2. The summed E-state index contributed by atoms with van der Waals surface area (Å²) in [5.41, 5.74) is 1.51. The number of amides is 1. The first kappa shape index (κ1) is 33.7. The highest BCUT2D eigenvalue weighted by molar-refractivity contribution is 5.72. The van der Waals surface area contributed by atoms with E-state index in [0.29, 0.717) is 41.0 Å². The van der Waals surface area contributed by atoms with Crippen molar-refractivity contribution in [1.29, 1.82) is 0 Å². The minimum atomic E-state index is 0.0400. The number of carbonyl (C=O) groups excluding carboxylic acids is 1. The molecule has 0 bridgehead atoms. The van der Waals surface area contributed by atoms with Crippen LogP contribution < -0.4 is 5.32 Å². The Hall–Kier alpha value is -1.53. The quantitative estimate of drug-likeness (QED) is 0.353. The van der Waals surface area contributed by atoms with E-state index < -0.39 is 0 Å². The lowest BCUT2D eigenvalue weighted by Gasteiger charge is -2.56. The second-order valence-electron chi connectivity index (χ2n) is 13.7. The van der Waals surface area contributed by atoms with Crippen LogP contribution in [0, 0.1) is 71.0 Å². The van der Waals surface area contributed by atoms with Crippen LogP contribution in [0.3, 0.4) is 0 Å². The summed E-state index contributed by atoms with van der Waals surface area (Å²) in [5.74, 6) is 3.14. The van der Waals surface area contributed by atoms with Crippen molar-refractivity contribution in [2.45, 2.75) is 117 Å². The van der Waals surface area contributed by atoms with Crippen molar-refractivity contribution < 1.29 is 19.7 Å². The van der Waals surface area contributed by atoms with Gasteiger partial charge in [-0.05, 0) is 110 Å². The smallest absolute Gasteiger partial charge is 0.216 e. The molecule has 5 rings (SSSR count). The number of carbonyl (C=O) groups is 1. The Balaban J connectivity index is 0.000000833. The number of hydrogen-bond acceptors (Lipinski definition) is 4. The molecule has 0 aromatic rings. The minimum Gasteiger partial charge on any atom is -0.400 e. The van der Waals surface area contributed by atoms with Gasteiger partial charge in [0.2, 0.25) is 5.91 Å². The highest BCUT2D eigenvalue weighted by Gasteiger charge is 2.79. The van der Waals surface area contributed by atoms with E-state index in [9.17, 15) is 9.90 Å². The Kier molecular flexibility index (Phi) is 11.6. The number of ether oxygens (including phenoxy) is 1. The molecule has 222 valence electrons. The van der Waals surface area contributed by atoms with Crippen LogP contribution >= 0.6 is 0 Å². The zero-order valence-electron chi connectivity index (χ0n) is 25.7. The first-order valence-electron chi connectivity index (χ1n) is 15.3. The Morgan fingerprint density at radius 1 is 1.03 bits per heavy atom. The number of aliphatic hydroxyl groups is 2. The molecule has 5 aliphatic rings. The van der Waals surface area contributed by atoms with Gasteiger partial charge in [0.15, 0.2) is 0 Å². The Morgan fingerprint density at radius 3 is 2.26 bits per heavy atom. The zero-order chi connectivity index (χ0) is 29.6. The molecule has 1 aliphatic heterocycles. The van der Waals surface area contributed by atoms with Gasteiger partial charge in [-0.15, -0.1) is 25.7 Å². The second kappa shape index (κ2) is 13.4. The van der Waals surface area contributed by atoms with E-state index in [-0.39, 0.29) is 11.3 Å². The molecule has 4 aliphatic carbocycles. The fraction of sp³-hybridized carbons (Fsp3) is 0.853. The van der Waals surface area contributed by atoms with E-state index in [1.165, 1.54) is 57.8 Å². The monoisotopic (exact) mass is 543 g/mol. The summed E-state index contributed by atoms with van der Waals surface area (Å²) in [5, 5.41) is 20.2. The van der Waals surface area contributed by atoms with Gasteiger partial charge in [-0.25, -0.2) is 0 Å². The van der Waals surface area contributed by atoms with Gasteiger partial charge in [-0.1, -0.05) is 34.1 Å². The van der Waals surface area contributed by atoms with Crippen LogP contribution in [0.5, 0.6) is 0 Å². The maximum Gasteiger partial charge on any atom is 0.216 e. The van der Waals surface area contributed by atoms with E-state index in [4.69, 9.17) is 9.84 Å². The molecule has 4 saturated carbocycles. The second-order valence-corrected chi connectivity index (χ2v) is 13.7. The predicted octanol–water partition coefficient (Wildman–Crippen LogP) is 5.83. The van der Waals surface area contributed by atoms with Gasteiger partial charge in [0, 0.05) is 27.2 Å². The summed E-state index contributed by atoms with van der Waals surface area (Å²) >= 11 is 0. The third-order valence-corrected chi connectivity index (χ3v) is 11.9. The van der Waals surface area contributed by atoms with Gasteiger partial charge in [0.05, 0.1) is 12.2 Å². The fourth-order valence-electron chi connectivity index (χ4n) is 10.5. The number of rotatable bonds is 7. The lowest BCUT2D eigenvalue weighted by molar-refractivity contribution is -0.119. The summed E-state index contributed by atoms with van der Waals surface area (Å²) in [6.07, 6.45) is 31.0. The molecule has 39 heavy (non-hydrogen) atoms. The Bertz CT molecular complexity index is 845. The summed E-state index contributed by atoms with van der Waals surface area (Å²) in [4.78, 5) is 11.3. The van der Waals surface area contributed by atoms with Crippen molar-refractivity contribution >= 4 is 5.91 Å². The third-order valence-electron chi connectivity index (χ3n) is 11.9. The number of nitrogens with one attached hydrogen (secondary N) is 1. The molecule has 0 aromatic heterocycles. The third kappa shape index (κ3) is 5.66. The minimum absolute atomic E-state index is 0.0400. The molecule has 3 N–H and O–H groups in total. The van der Waals surface area contributed by atoms with E-state index in [1.807, 2.05) is 0 Å². The normalized spacial score (nSPS) is 41.1. The lowest BCUT2D eigenvalue weighted by atomic mass is 9.48. The summed E-state index contributed by atoms with van der Waals surface area (Å²) in [6.45, 7) is 12.3. The standard InChI is InChI=1S/C29H49NO3.2C2H2.CH4O/c1-6-12-29-17-28(29)14-13-27(5)22-8-7-20(11-15-30-19(2)32)33-24(22)16-23(27)21(28)9-10-25(29)26(3,4)18-31;3*1-2/h20-25,31H,6-18H2,1-5H3,(H,30,32);2*1-2H;2H,1H3/t20?,21?,22?,23?,24?,25?,27-,28+,29-;;;/m1.../s1. The average Bonchev–Trinajstić information content (AvgIpc) is 3.52. The SMILES string of the molecule is C#C.C#C.CCC[C@]12C[C@]13CC[C@]1(C)C4CCC(CCNC(C)=O)OC4CC1C3CCC2C(C)(C)CO.CO. The molecule has 1 heterocycles. The molecule has 0 aromatic carbocycles. The molecule has 6 unspecified atom stereocenters. The first-order valence-corrected chi connectivity index (χ1v) is 15.3. The van der Waals surface area contributed by atoms with Crippen LogP contribution in [0.4, 0.5) is 0 Å². The topological polar surface area (TPSA) is 78.8 Å². The van der Waals surface area contributed by atoms with Crippen LogP contribution in [-0.4, -0.2) is 48.6 Å². The van der Waals surface area contributed by atoms with Crippen molar-refractivity contribution in [3.05, 3.63) is 0 Å². The van der Waals surface area contributed by atoms with Crippen molar-refractivity contribution in [1.82, 2.24) is 5.32 Å². The maximum atomic E-state index is 11.3.